The molecule has 1 heterocycles. The van der Waals surface area contributed by atoms with Crippen molar-refractivity contribution in [1.82, 2.24) is 15.0 Å². The van der Waals surface area contributed by atoms with Crippen LogP contribution in [-0.4, -0.2) is 27.0 Å². The number of rotatable bonds is 5. The number of hydrogen-bond donors (Lipinski definition) is 0. The van der Waals surface area contributed by atoms with E-state index in [1.165, 1.54) is 5.56 Å². The minimum absolute atomic E-state index is 0.0105. The lowest BCUT2D eigenvalue weighted by molar-refractivity contribution is 0.0667. The third-order valence-corrected chi connectivity index (χ3v) is 4.96. The summed E-state index contributed by atoms with van der Waals surface area (Å²) < 4.78 is 5.43. The van der Waals surface area contributed by atoms with Crippen molar-refractivity contribution in [2.24, 2.45) is 0 Å². The van der Waals surface area contributed by atoms with Gasteiger partial charge in [-0.05, 0) is 43.7 Å². The van der Waals surface area contributed by atoms with Crippen LogP contribution in [0.2, 0.25) is 0 Å². The van der Waals surface area contributed by atoms with E-state index in [1.54, 1.807) is 4.90 Å². The molecule has 29 heavy (non-hydrogen) atoms. The number of hydrogen-bond acceptors (Lipinski definition) is 4. The molecule has 146 valence electrons. The topological polar surface area (TPSA) is 59.2 Å². The van der Waals surface area contributed by atoms with Gasteiger partial charge in [-0.3, -0.25) is 4.79 Å². The van der Waals surface area contributed by atoms with Crippen molar-refractivity contribution in [3.8, 4) is 11.4 Å². The number of fused-ring (bicyclic) bond motifs is 1. The van der Waals surface area contributed by atoms with Crippen molar-refractivity contribution < 1.29 is 9.32 Å². The normalized spacial score (nSPS) is 11.2. The predicted molar refractivity (Wildman–Crippen MR) is 113 cm³/mol. The van der Waals surface area contributed by atoms with E-state index in [9.17, 15) is 4.79 Å². The van der Waals surface area contributed by atoms with E-state index in [4.69, 9.17) is 4.52 Å². The van der Waals surface area contributed by atoms with Crippen LogP contribution in [0.3, 0.4) is 0 Å². The number of aromatic nitrogens is 2. The third kappa shape index (κ3) is 4.04. The molecule has 0 fully saturated rings. The van der Waals surface area contributed by atoms with Crippen LogP contribution in [0, 0.1) is 6.92 Å². The molecule has 0 bridgehead atoms. The maximum absolute atomic E-state index is 13.2. The number of aryl methyl sites for hydroxylation is 1. The Labute approximate surface area is 170 Å². The smallest absolute Gasteiger partial charge is 0.254 e. The fraction of sp³-hybridized carbons (Fsp3) is 0.208. The zero-order chi connectivity index (χ0) is 20.4. The Morgan fingerprint density at radius 2 is 1.72 bits per heavy atom. The van der Waals surface area contributed by atoms with E-state index in [0.717, 1.165) is 16.3 Å². The van der Waals surface area contributed by atoms with Gasteiger partial charge in [-0.1, -0.05) is 65.3 Å². The van der Waals surface area contributed by atoms with Crippen LogP contribution in [0.4, 0.5) is 0 Å². The second-order valence-corrected chi connectivity index (χ2v) is 7.47. The highest BCUT2D eigenvalue weighted by molar-refractivity contribution is 5.98. The summed E-state index contributed by atoms with van der Waals surface area (Å²) in [6.45, 7) is 6.26. The van der Waals surface area contributed by atoms with Gasteiger partial charge in [0.25, 0.3) is 5.91 Å². The summed E-state index contributed by atoms with van der Waals surface area (Å²) >= 11 is 0. The quantitative estimate of drug-likeness (QED) is 0.471. The lowest BCUT2D eigenvalue weighted by atomic mass is 10.1. The largest absolute Gasteiger partial charge is 0.337 e. The van der Waals surface area contributed by atoms with Crippen LogP contribution in [-0.2, 0) is 6.54 Å². The Morgan fingerprint density at radius 3 is 2.45 bits per heavy atom. The molecule has 3 aromatic carbocycles. The monoisotopic (exact) mass is 385 g/mol. The first-order valence-corrected chi connectivity index (χ1v) is 9.70. The van der Waals surface area contributed by atoms with Crippen molar-refractivity contribution in [1.29, 1.82) is 0 Å². The first-order valence-electron chi connectivity index (χ1n) is 9.70. The van der Waals surface area contributed by atoms with Gasteiger partial charge < -0.3 is 9.42 Å². The van der Waals surface area contributed by atoms with Gasteiger partial charge in [0.1, 0.15) is 6.54 Å². The zero-order valence-corrected chi connectivity index (χ0v) is 16.8. The molecule has 0 saturated carbocycles. The van der Waals surface area contributed by atoms with Crippen molar-refractivity contribution in [3.63, 3.8) is 0 Å². The Bertz CT molecular complexity index is 1150. The lowest BCUT2D eigenvalue weighted by Gasteiger charge is -2.25. The van der Waals surface area contributed by atoms with Crippen LogP contribution in [0.5, 0.6) is 0 Å². The first kappa shape index (κ1) is 18.9. The third-order valence-electron chi connectivity index (χ3n) is 4.96. The number of carbonyl (C=O) groups excluding carboxylic acids is 1. The molecule has 1 aromatic heterocycles. The van der Waals surface area contributed by atoms with Gasteiger partial charge in [-0.25, -0.2) is 0 Å². The highest BCUT2D eigenvalue weighted by atomic mass is 16.5. The standard InChI is InChI=1S/C24H23N3O2/c1-16(2)27(24(28)21-13-12-18-6-4-5-7-20(18)14-21)15-22-25-23(26-29-22)19-10-8-17(3)9-11-19/h4-14,16H,15H2,1-3H3. The number of benzene rings is 3. The van der Waals surface area contributed by atoms with Crippen LogP contribution in [0.25, 0.3) is 22.2 Å². The SMILES string of the molecule is Cc1ccc(-c2noc(CN(C(=O)c3ccc4ccccc4c3)C(C)C)n2)cc1. The molecule has 4 aromatic rings. The van der Waals surface area contributed by atoms with Crippen molar-refractivity contribution >= 4 is 16.7 Å². The van der Waals surface area contributed by atoms with Crippen LogP contribution in [0.15, 0.2) is 71.3 Å². The predicted octanol–water partition coefficient (Wildman–Crippen LogP) is 5.25. The summed E-state index contributed by atoms with van der Waals surface area (Å²) in [5.74, 6) is 0.895. The van der Waals surface area contributed by atoms with Gasteiger partial charge in [0.05, 0.1) is 0 Å². The number of amides is 1. The number of nitrogens with zero attached hydrogens (tertiary/aromatic N) is 3. The highest BCUT2D eigenvalue weighted by Crippen LogP contribution is 2.20. The van der Waals surface area contributed by atoms with E-state index in [2.05, 4.69) is 10.1 Å². The fourth-order valence-electron chi connectivity index (χ4n) is 3.26. The molecule has 0 aliphatic rings. The fourth-order valence-corrected chi connectivity index (χ4v) is 3.26. The van der Waals surface area contributed by atoms with Gasteiger partial charge in [0.2, 0.25) is 11.7 Å². The second kappa shape index (κ2) is 7.87. The summed E-state index contributed by atoms with van der Waals surface area (Å²) in [6, 6.07) is 21.7. The summed E-state index contributed by atoms with van der Waals surface area (Å²) in [4.78, 5) is 19.4. The number of carbonyl (C=O) groups is 1. The molecule has 0 N–H and O–H groups in total. The van der Waals surface area contributed by atoms with Crippen LogP contribution >= 0.6 is 0 Å². The van der Waals surface area contributed by atoms with Gasteiger partial charge in [-0.2, -0.15) is 4.98 Å². The first-order chi connectivity index (χ1) is 14.0. The minimum atomic E-state index is -0.0548. The zero-order valence-electron chi connectivity index (χ0n) is 16.8. The molecule has 0 unspecified atom stereocenters. The van der Waals surface area contributed by atoms with Crippen molar-refractivity contribution in [2.45, 2.75) is 33.4 Å². The molecule has 0 saturated heterocycles. The molecule has 0 aliphatic carbocycles. The van der Waals surface area contributed by atoms with E-state index < -0.39 is 0 Å². The van der Waals surface area contributed by atoms with Crippen LogP contribution < -0.4 is 0 Å². The maximum atomic E-state index is 13.2. The van der Waals surface area contributed by atoms with Crippen LogP contribution in [0.1, 0.15) is 35.7 Å². The Balaban J connectivity index is 1.57. The Kier molecular flexibility index (Phi) is 5.12. The van der Waals surface area contributed by atoms with Gasteiger partial charge in [0.15, 0.2) is 0 Å². The lowest BCUT2D eigenvalue weighted by Crippen LogP contribution is -2.36. The molecule has 0 radical (unpaired) electrons. The highest BCUT2D eigenvalue weighted by Gasteiger charge is 2.22. The summed E-state index contributed by atoms with van der Waals surface area (Å²) in [5, 5.41) is 6.23. The van der Waals surface area contributed by atoms with E-state index in [-0.39, 0.29) is 18.5 Å². The van der Waals surface area contributed by atoms with Gasteiger partial charge in [-0.15, -0.1) is 0 Å². The Hall–Kier alpha value is -3.47. The van der Waals surface area contributed by atoms with Crippen molar-refractivity contribution in [2.75, 3.05) is 0 Å². The summed E-state index contributed by atoms with van der Waals surface area (Å²) in [6.07, 6.45) is 0. The van der Waals surface area contributed by atoms with Gasteiger partial charge >= 0.3 is 0 Å². The molecule has 5 heteroatoms. The van der Waals surface area contributed by atoms with E-state index in [1.807, 2.05) is 87.5 Å². The Morgan fingerprint density at radius 1 is 1.00 bits per heavy atom. The van der Waals surface area contributed by atoms with E-state index >= 15 is 0 Å². The molecule has 0 atom stereocenters. The molecule has 1 amide bonds. The molecule has 0 spiro atoms. The molecule has 0 aliphatic heterocycles. The average Bonchev–Trinajstić information content (AvgIpc) is 3.20. The molecule has 5 nitrogen and oxygen atoms in total. The van der Waals surface area contributed by atoms with E-state index in [0.29, 0.717) is 17.3 Å². The second-order valence-electron chi connectivity index (χ2n) is 7.47. The van der Waals surface area contributed by atoms with Gasteiger partial charge in [0, 0.05) is 17.2 Å². The molecular formula is C24H23N3O2. The maximum Gasteiger partial charge on any atom is 0.254 e. The summed E-state index contributed by atoms with van der Waals surface area (Å²) in [7, 11) is 0. The minimum Gasteiger partial charge on any atom is -0.337 e. The molecule has 4 rings (SSSR count). The molecular weight excluding hydrogens is 362 g/mol. The average molecular weight is 385 g/mol. The van der Waals surface area contributed by atoms with Crippen molar-refractivity contribution in [3.05, 3.63) is 83.7 Å². The summed E-state index contributed by atoms with van der Waals surface area (Å²) in [5.41, 5.74) is 2.71.